The monoisotopic (exact) mass is 352 g/mol. The number of rotatable bonds is 3. The van der Waals surface area contributed by atoms with Crippen LogP contribution in [0.1, 0.15) is 36.2 Å². The van der Waals surface area contributed by atoms with Crippen molar-refractivity contribution in [2.75, 3.05) is 0 Å². The van der Waals surface area contributed by atoms with E-state index in [2.05, 4.69) is 10.3 Å². The summed E-state index contributed by atoms with van der Waals surface area (Å²) in [5, 5.41) is 5.06. The van der Waals surface area contributed by atoms with Crippen LogP contribution in [0.25, 0.3) is 10.9 Å². The molecule has 0 fully saturated rings. The van der Waals surface area contributed by atoms with Crippen LogP contribution >= 0.6 is 11.6 Å². The normalized spacial score (nSPS) is 17.9. The molecule has 4 heteroatoms. The minimum Gasteiger partial charge on any atom is -0.358 e. The van der Waals surface area contributed by atoms with Crippen molar-refractivity contribution >= 4 is 28.4 Å². The maximum atomic E-state index is 12.8. The molecule has 1 heterocycles. The number of aromatic amines is 1. The summed E-state index contributed by atoms with van der Waals surface area (Å²) in [5.41, 5.74) is 4.73. The average molecular weight is 353 g/mol. The zero-order valence-electron chi connectivity index (χ0n) is 14.2. The molecule has 0 saturated carbocycles. The van der Waals surface area contributed by atoms with Crippen LogP contribution in [-0.2, 0) is 17.6 Å². The number of halogens is 1. The van der Waals surface area contributed by atoms with Gasteiger partial charge in [-0.15, -0.1) is 0 Å². The lowest BCUT2D eigenvalue weighted by atomic mass is 9.85. The van der Waals surface area contributed by atoms with Crippen LogP contribution in [0, 0.1) is 5.92 Å². The zero-order chi connectivity index (χ0) is 17.4. The smallest absolute Gasteiger partial charge is 0.223 e. The Bertz CT molecular complexity index is 916. The SMILES string of the molecule is CC(NC(=O)C1CCc2[nH]c3ccc(Cl)cc3c2C1)c1ccccc1. The van der Waals surface area contributed by atoms with E-state index in [0.717, 1.165) is 40.8 Å². The molecule has 128 valence electrons. The molecule has 1 aromatic heterocycles. The maximum Gasteiger partial charge on any atom is 0.223 e. The number of aryl methyl sites for hydroxylation is 1. The van der Waals surface area contributed by atoms with Crippen molar-refractivity contribution in [2.24, 2.45) is 5.92 Å². The highest BCUT2D eigenvalue weighted by atomic mass is 35.5. The number of hydrogen-bond donors (Lipinski definition) is 2. The van der Waals surface area contributed by atoms with Crippen LogP contribution in [0.5, 0.6) is 0 Å². The quantitative estimate of drug-likeness (QED) is 0.698. The van der Waals surface area contributed by atoms with Gasteiger partial charge in [-0.05, 0) is 55.5 Å². The van der Waals surface area contributed by atoms with Crippen LogP contribution in [0.4, 0.5) is 0 Å². The predicted molar refractivity (Wildman–Crippen MR) is 102 cm³/mol. The van der Waals surface area contributed by atoms with Crippen molar-refractivity contribution in [2.45, 2.75) is 32.2 Å². The van der Waals surface area contributed by atoms with Gasteiger partial charge in [0.25, 0.3) is 0 Å². The molecule has 2 atom stereocenters. The topological polar surface area (TPSA) is 44.9 Å². The Labute approximate surface area is 152 Å². The molecule has 25 heavy (non-hydrogen) atoms. The Hall–Kier alpha value is -2.26. The molecule has 0 radical (unpaired) electrons. The molecule has 1 aliphatic rings. The van der Waals surface area contributed by atoms with Crippen LogP contribution in [-0.4, -0.2) is 10.9 Å². The van der Waals surface area contributed by atoms with E-state index in [4.69, 9.17) is 11.6 Å². The first kappa shape index (κ1) is 16.2. The van der Waals surface area contributed by atoms with Crippen molar-refractivity contribution in [3.63, 3.8) is 0 Å². The summed E-state index contributed by atoms with van der Waals surface area (Å²) in [7, 11) is 0. The zero-order valence-corrected chi connectivity index (χ0v) is 14.9. The fourth-order valence-electron chi connectivity index (χ4n) is 3.77. The Kier molecular flexibility index (Phi) is 4.26. The van der Waals surface area contributed by atoms with E-state index in [1.165, 1.54) is 11.3 Å². The molecule has 0 saturated heterocycles. The number of amides is 1. The molecule has 1 aliphatic carbocycles. The van der Waals surface area contributed by atoms with Gasteiger partial charge in [0.1, 0.15) is 0 Å². The molecule has 1 amide bonds. The summed E-state index contributed by atoms with van der Waals surface area (Å²) in [5.74, 6) is 0.148. The van der Waals surface area contributed by atoms with Crippen molar-refractivity contribution in [1.29, 1.82) is 0 Å². The molecule has 3 nitrogen and oxygen atoms in total. The van der Waals surface area contributed by atoms with Gasteiger partial charge in [-0.2, -0.15) is 0 Å². The fourth-order valence-corrected chi connectivity index (χ4v) is 3.94. The predicted octanol–water partition coefficient (Wildman–Crippen LogP) is 4.80. The lowest BCUT2D eigenvalue weighted by Crippen LogP contribution is -2.35. The largest absolute Gasteiger partial charge is 0.358 e. The Morgan fingerprint density at radius 1 is 1.24 bits per heavy atom. The summed E-state index contributed by atoms with van der Waals surface area (Å²) < 4.78 is 0. The van der Waals surface area contributed by atoms with Gasteiger partial charge in [-0.3, -0.25) is 4.79 Å². The fraction of sp³-hybridized carbons (Fsp3) is 0.286. The number of carbonyl (C=O) groups is 1. The molecule has 4 rings (SSSR count). The molecule has 2 N–H and O–H groups in total. The van der Waals surface area contributed by atoms with Gasteiger partial charge in [0.2, 0.25) is 5.91 Å². The van der Waals surface area contributed by atoms with E-state index in [1.54, 1.807) is 0 Å². The number of hydrogen-bond acceptors (Lipinski definition) is 1. The average Bonchev–Trinajstić information content (AvgIpc) is 2.99. The second-order valence-electron chi connectivity index (χ2n) is 6.85. The maximum absolute atomic E-state index is 12.8. The number of benzene rings is 2. The molecule has 0 bridgehead atoms. The molecule has 3 aromatic rings. The summed E-state index contributed by atoms with van der Waals surface area (Å²) in [6.07, 6.45) is 2.54. The van der Waals surface area contributed by atoms with E-state index in [1.807, 2.05) is 55.5 Å². The van der Waals surface area contributed by atoms with E-state index in [9.17, 15) is 4.79 Å². The molecule has 2 aromatic carbocycles. The van der Waals surface area contributed by atoms with Gasteiger partial charge in [-0.25, -0.2) is 0 Å². The van der Waals surface area contributed by atoms with E-state index in [0.29, 0.717) is 0 Å². The molecule has 2 unspecified atom stereocenters. The van der Waals surface area contributed by atoms with Crippen LogP contribution in [0.2, 0.25) is 5.02 Å². The van der Waals surface area contributed by atoms with E-state index in [-0.39, 0.29) is 17.9 Å². The van der Waals surface area contributed by atoms with Gasteiger partial charge in [0, 0.05) is 27.5 Å². The summed E-state index contributed by atoms with van der Waals surface area (Å²) >= 11 is 6.16. The van der Waals surface area contributed by atoms with Crippen molar-refractivity contribution in [1.82, 2.24) is 10.3 Å². The number of aromatic nitrogens is 1. The van der Waals surface area contributed by atoms with Gasteiger partial charge < -0.3 is 10.3 Å². The molecule has 0 spiro atoms. The van der Waals surface area contributed by atoms with E-state index >= 15 is 0 Å². The van der Waals surface area contributed by atoms with Crippen LogP contribution in [0.15, 0.2) is 48.5 Å². The van der Waals surface area contributed by atoms with Gasteiger partial charge in [0.15, 0.2) is 0 Å². The lowest BCUT2D eigenvalue weighted by molar-refractivity contribution is -0.126. The minimum absolute atomic E-state index is 0.0108. The third-order valence-corrected chi connectivity index (χ3v) is 5.41. The number of H-pyrrole nitrogens is 1. The highest BCUT2D eigenvalue weighted by Gasteiger charge is 2.28. The van der Waals surface area contributed by atoms with Crippen molar-refractivity contribution in [3.8, 4) is 0 Å². The second kappa shape index (κ2) is 6.57. The number of nitrogens with one attached hydrogen (secondary N) is 2. The minimum atomic E-state index is 0.0108. The Morgan fingerprint density at radius 3 is 2.84 bits per heavy atom. The van der Waals surface area contributed by atoms with Crippen molar-refractivity contribution < 1.29 is 4.79 Å². The second-order valence-corrected chi connectivity index (χ2v) is 7.29. The summed E-state index contributed by atoms with van der Waals surface area (Å²) in [4.78, 5) is 16.2. The number of fused-ring (bicyclic) bond motifs is 3. The van der Waals surface area contributed by atoms with Gasteiger partial charge >= 0.3 is 0 Å². The summed E-state index contributed by atoms with van der Waals surface area (Å²) in [6.45, 7) is 2.03. The van der Waals surface area contributed by atoms with Crippen LogP contribution < -0.4 is 5.32 Å². The number of carbonyl (C=O) groups excluding carboxylic acids is 1. The van der Waals surface area contributed by atoms with E-state index < -0.39 is 0 Å². The molecule has 0 aliphatic heterocycles. The Morgan fingerprint density at radius 2 is 2.04 bits per heavy atom. The first-order chi connectivity index (χ1) is 12.1. The summed E-state index contributed by atoms with van der Waals surface area (Å²) in [6, 6.07) is 16.0. The lowest BCUT2D eigenvalue weighted by Gasteiger charge is -2.24. The first-order valence-electron chi connectivity index (χ1n) is 8.76. The van der Waals surface area contributed by atoms with Gasteiger partial charge in [0.05, 0.1) is 6.04 Å². The highest BCUT2D eigenvalue weighted by molar-refractivity contribution is 6.31. The molecular weight excluding hydrogens is 332 g/mol. The van der Waals surface area contributed by atoms with Crippen LogP contribution in [0.3, 0.4) is 0 Å². The Balaban J connectivity index is 1.52. The molecular formula is C21H21ClN2O. The third-order valence-electron chi connectivity index (χ3n) is 5.18. The third kappa shape index (κ3) is 3.16. The first-order valence-corrected chi connectivity index (χ1v) is 9.14. The standard InChI is InChI=1S/C21H21ClN2O/c1-13(14-5-3-2-4-6-14)23-21(25)15-7-9-19-17(11-15)18-12-16(22)8-10-20(18)24-19/h2-6,8,10,12-13,15,24H,7,9,11H2,1H3,(H,23,25). The van der Waals surface area contributed by atoms with Crippen molar-refractivity contribution in [3.05, 3.63) is 70.4 Å². The van der Waals surface area contributed by atoms with Gasteiger partial charge in [-0.1, -0.05) is 41.9 Å². The highest BCUT2D eigenvalue weighted by Crippen LogP contribution is 2.33.